The highest BCUT2D eigenvalue weighted by molar-refractivity contribution is 5.61. The van der Waals surface area contributed by atoms with Gasteiger partial charge in [0.15, 0.2) is 0 Å². The monoisotopic (exact) mass is 263 g/mol. The molecule has 0 saturated heterocycles. The van der Waals surface area contributed by atoms with Gasteiger partial charge in [-0.3, -0.25) is 10.1 Å². The topological polar surface area (TPSA) is 88.2 Å². The molecule has 0 saturated carbocycles. The molecule has 1 aromatic rings. The van der Waals surface area contributed by atoms with Crippen LogP contribution < -0.4 is 5.32 Å². The van der Waals surface area contributed by atoms with Crippen LogP contribution in [0.3, 0.4) is 0 Å². The third kappa shape index (κ3) is 4.94. The highest BCUT2D eigenvalue weighted by Crippen LogP contribution is 2.21. The molecule has 102 valence electrons. The van der Waals surface area contributed by atoms with Crippen molar-refractivity contribution < 1.29 is 9.66 Å². The van der Waals surface area contributed by atoms with Crippen molar-refractivity contribution in [2.24, 2.45) is 0 Å². The van der Waals surface area contributed by atoms with Crippen LogP contribution in [0.2, 0.25) is 0 Å². The van der Waals surface area contributed by atoms with Crippen molar-refractivity contribution in [3.05, 3.63) is 33.9 Å². The molecule has 0 atom stereocenters. The lowest BCUT2D eigenvalue weighted by Crippen LogP contribution is -2.11. The molecular weight excluding hydrogens is 246 g/mol. The van der Waals surface area contributed by atoms with Crippen LogP contribution in [0.1, 0.15) is 25.3 Å². The Hall–Kier alpha value is -2.13. The van der Waals surface area contributed by atoms with Gasteiger partial charge in [0, 0.05) is 25.3 Å². The van der Waals surface area contributed by atoms with Crippen LogP contribution in [0, 0.1) is 21.4 Å². The second kappa shape index (κ2) is 8.06. The van der Waals surface area contributed by atoms with E-state index in [9.17, 15) is 10.1 Å². The van der Waals surface area contributed by atoms with E-state index in [1.54, 1.807) is 6.07 Å². The first kappa shape index (κ1) is 14.9. The SMILES string of the molecule is CCCCOCCNc1ccc([N+](=O)[O-])cc1C#N. The molecule has 6 nitrogen and oxygen atoms in total. The first-order valence-corrected chi connectivity index (χ1v) is 6.19. The highest BCUT2D eigenvalue weighted by Gasteiger charge is 2.09. The van der Waals surface area contributed by atoms with Crippen LogP contribution >= 0.6 is 0 Å². The molecule has 0 amide bonds. The summed E-state index contributed by atoms with van der Waals surface area (Å²) in [7, 11) is 0. The summed E-state index contributed by atoms with van der Waals surface area (Å²) in [6, 6.07) is 6.13. The molecule has 0 aromatic heterocycles. The van der Waals surface area contributed by atoms with Gasteiger partial charge in [-0.1, -0.05) is 13.3 Å². The normalized spacial score (nSPS) is 9.89. The summed E-state index contributed by atoms with van der Waals surface area (Å²) >= 11 is 0. The number of hydrogen-bond donors (Lipinski definition) is 1. The molecular formula is C13H17N3O3. The Labute approximate surface area is 112 Å². The Morgan fingerprint density at radius 1 is 1.47 bits per heavy atom. The highest BCUT2D eigenvalue weighted by atomic mass is 16.6. The van der Waals surface area contributed by atoms with E-state index in [1.165, 1.54) is 12.1 Å². The summed E-state index contributed by atoms with van der Waals surface area (Å²) in [5.74, 6) is 0. The van der Waals surface area contributed by atoms with Gasteiger partial charge in [0.2, 0.25) is 0 Å². The van der Waals surface area contributed by atoms with E-state index in [2.05, 4.69) is 12.2 Å². The minimum absolute atomic E-state index is 0.0821. The van der Waals surface area contributed by atoms with Gasteiger partial charge in [-0.15, -0.1) is 0 Å². The fraction of sp³-hybridized carbons (Fsp3) is 0.462. The Kier molecular flexibility index (Phi) is 6.33. The van der Waals surface area contributed by atoms with E-state index in [1.807, 2.05) is 6.07 Å². The molecule has 1 aromatic carbocycles. The van der Waals surface area contributed by atoms with Crippen LogP contribution in [-0.4, -0.2) is 24.7 Å². The number of non-ortho nitro benzene ring substituents is 1. The van der Waals surface area contributed by atoms with Crippen molar-refractivity contribution in [2.45, 2.75) is 19.8 Å². The molecule has 1 N–H and O–H groups in total. The maximum absolute atomic E-state index is 10.6. The van der Waals surface area contributed by atoms with E-state index in [0.717, 1.165) is 19.4 Å². The third-order valence-electron chi connectivity index (χ3n) is 2.54. The fourth-order valence-electron chi connectivity index (χ4n) is 1.50. The lowest BCUT2D eigenvalue weighted by molar-refractivity contribution is -0.384. The minimum atomic E-state index is -0.515. The van der Waals surface area contributed by atoms with Crippen LogP contribution in [0.15, 0.2) is 18.2 Å². The summed E-state index contributed by atoms with van der Waals surface area (Å²) in [6.07, 6.45) is 2.12. The Balaban J connectivity index is 2.50. The van der Waals surface area contributed by atoms with Crippen molar-refractivity contribution >= 4 is 11.4 Å². The number of nitrogens with zero attached hydrogens (tertiary/aromatic N) is 2. The number of hydrogen-bond acceptors (Lipinski definition) is 5. The smallest absolute Gasteiger partial charge is 0.270 e. The number of nitriles is 1. The molecule has 0 aliphatic carbocycles. The van der Waals surface area contributed by atoms with Crippen LogP contribution in [0.5, 0.6) is 0 Å². The van der Waals surface area contributed by atoms with Crippen molar-refractivity contribution in [1.29, 1.82) is 5.26 Å². The number of nitro benzene ring substituents is 1. The van der Waals surface area contributed by atoms with Crippen LogP contribution in [0.4, 0.5) is 11.4 Å². The van der Waals surface area contributed by atoms with Gasteiger partial charge in [0.1, 0.15) is 6.07 Å². The molecule has 0 fully saturated rings. The number of nitrogens with one attached hydrogen (secondary N) is 1. The third-order valence-corrected chi connectivity index (χ3v) is 2.54. The number of benzene rings is 1. The van der Waals surface area contributed by atoms with Gasteiger partial charge in [0.25, 0.3) is 5.69 Å². The van der Waals surface area contributed by atoms with E-state index in [-0.39, 0.29) is 11.3 Å². The average molecular weight is 263 g/mol. The predicted molar refractivity (Wildman–Crippen MR) is 72.0 cm³/mol. The molecule has 1 rings (SSSR count). The zero-order chi connectivity index (χ0) is 14.1. The lowest BCUT2D eigenvalue weighted by Gasteiger charge is -2.08. The standard InChI is InChI=1S/C13H17N3O3/c1-2-3-7-19-8-6-15-13-5-4-12(16(17)18)9-11(13)10-14/h4-5,9,15H,2-3,6-8H2,1H3. The zero-order valence-electron chi connectivity index (χ0n) is 10.9. The Bertz CT molecular complexity index is 469. The van der Waals surface area contributed by atoms with Gasteiger partial charge in [-0.25, -0.2) is 0 Å². The summed E-state index contributed by atoms with van der Waals surface area (Å²) in [4.78, 5) is 10.1. The molecule has 0 bridgehead atoms. The number of unbranched alkanes of at least 4 members (excludes halogenated alkanes) is 1. The first-order chi connectivity index (χ1) is 9.19. The molecule has 0 radical (unpaired) electrons. The molecule has 0 aliphatic rings. The maximum Gasteiger partial charge on any atom is 0.270 e. The quantitative estimate of drug-likeness (QED) is 0.442. The van der Waals surface area contributed by atoms with Crippen molar-refractivity contribution in [1.82, 2.24) is 0 Å². The van der Waals surface area contributed by atoms with Crippen molar-refractivity contribution in [2.75, 3.05) is 25.1 Å². The summed E-state index contributed by atoms with van der Waals surface area (Å²) in [5.41, 5.74) is 0.774. The second-order valence-corrected chi connectivity index (χ2v) is 3.99. The van der Waals surface area contributed by atoms with E-state index < -0.39 is 4.92 Å². The maximum atomic E-state index is 10.6. The Morgan fingerprint density at radius 2 is 2.26 bits per heavy atom. The summed E-state index contributed by atoms with van der Waals surface area (Å²) < 4.78 is 5.38. The Morgan fingerprint density at radius 3 is 2.89 bits per heavy atom. The zero-order valence-corrected chi connectivity index (χ0v) is 10.9. The molecule has 6 heteroatoms. The lowest BCUT2D eigenvalue weighted by atomic mass is 10.1. The van der Waals surface area contributed by atoms with Gasteiger partial charge < -0.3 is 10.1 Å². The predicted octanol–water partition coefficient (Wildman–Crippen LogP) is 2.70. The minimum Gasteiger partial charge on any atom is -0.382 e. The number of anilines is 1. The number of ether oxygens (including phenoxy) is 1. The molecule has 0 unspecified atom stereocenters. The van der Waals surface area contributed by atoms with E-state index in [0.29, 0.717) is 18.8 Å². The van der Waals surface area contributed by atoms with Gasteiger partial charge >= 0.3 is 0 Å². The summed E-state index contributed by atoms with van der Waals surface area (Å²) in [6.45, 7) is 3.93. The first-order valence-electron chi connectivity index (χ1n) is 6.19. The average Bonchev–Trinajstić information content (AvgIpc) is 2.42. The second-order valence-electron chi connectivity index (χ2n) is 3.99. The molecule has 0 spiro atoms. The molecule has 0 heterocycles. The van der Waals surface area contributed by atoms with Crippen LogP contribution in [-0.2, 0) is 4.74 Å². The van der Waals surface area contributed by atoms with Gasteiger partial charge in [-0.05, 0) is 12.5 Å². The molecule has 0 aliphatic heterocycles. The van der Waals surface area contributed by atoms with E-state index >= 15 is 0 Å². The molecule has 19 heavy (non-hydrogen) atoms. The largest absolute Gasteiger partial charge is 0.382 e. The van der Waals surface area contributed by atoms with Crippen molar-refractivity contribution in [3.63, 3.8) is 0 Å². The van der Waals surface area contributed by atoms with E-state index in [4.69, 9.17) is 10.00 Å². The number of rotatable bonds is 8. The fourth-order valence-corrected chi connectivity index (χ4v) is 1.50. The summed E-state index contributed by atoms with van der Waals surface area (Å²) in [5, 5.41) is 22.6. The van der Waals surface area contributed by atoms with Gasteiger partial charge in [0.05, 0.1) is 22.8 Å². The van der Waals surface area contributed by atoms with Crippen molar-refractivity contribution in [3.8, 4) is 6.07 Å². The van der Waals surface area contributed by atoms with Gasteiger partial charge in [-0.2, -0.15) is 5.26 Å². The number of nitro groups is 1. The van der Waals surface area contributed by atoms with Crippen LogP contribution in [0.25, 0.3) is 0 Å².